The summed E-state index contributed by atoms with van der Waals surface area (Å²) in [4.78, 5) is 41.8. The van der Waals surface area contributed by atoms with E-state index in [4.69, 9.17) is 44.8 Å². The number of benzene rings is 2. The first-order valence-electron chi connectivity index (χ1n) is 14.3. The smallest absolute Gasteiger partial charge is 0.406 e. The number of hydrogen-bond acceptors (Lipinski definition) is 7. The molecule has 2 aliphatic heterocycles. The number of aromatic nitrogens is 1. The number of methoxy groups -OCH3 is 1. The number of carbonyl (C=O) groups is 2. The third kappa shape index (κ3) is 8.98. The number of ether oxygens (including phenoxy) is 1. The van der Waals surface area contributed by atoms with Gasteiger partial charge in [0.25, 0.3) is 5.56 Å². The van der Waals surface area contributed by atoms with Gasteiger partial charge in [-0.3, -0.25) is 19.4 Å². The second-order valence-electron chi connectivity index (χ2n) is 10.9. The Morgan fingerprint density at radius 1 is 1.12 bits per heavy atom. The number of urea groups is 1. The van der Waals surface area contributed by atoms with Crippen LogP contribution in [-0.2, 0) is 11.9 Å². The highest BCUT2D eigenvalue weighted by atomic mass is 35.5. The number of nitrogens with one attached hydrogen (secondary N) is 1. The molecule has 0 spiro atoms. The van der Waals surface area contributed by atoms with Crippen molar-refractivity contribution in [2.75, 3.05) is 38.7 Å². The number of alkyl halides is 6. The molecular formula is C31H27Cl3F5N5O4S. The molecule has 0 unspecified atom stereocenters. The molecule has 1 saturated heterocycles. The van der Waals surface area contributed by atoms with Gasteiger partial charge >= 0.3 is 17.6 Å². The molecule has 0 bridgehead atoms. The van der Waals surface area contributed by atoms with E-state index in [1.807, 2.05) is 16.9 Å². The van der Waals surface area contributed by atoms with E-state index in [-0.39, 0.29) is 39.4 Å². The molecule has 1 N–H and O–H groups in total. The van der Waals surface area contributed by atoms with Crippen molar-refractivity contribution in [3.05, 3.63) is 79.2 Å². The van der Waals surface area contributed by atoms with Gasteiger partial charge in [0.2, 0.25) is 0 Å². The van der Waals surface area contributed by atoms with Crippen LogP contribution in [0.25, 0.3) is 0 Å². The molecule has 1 fully saturated rings. The van der Waals surface area contributed by atoms with Crippen LogP contribution in [0, 0.1) is 11.3 Å². The summed E-state index contributed by atoms with van der Waals surface area (Å²) >= 11 is 17.7. The first kappa shape index (κ1) is 38.3. The average Bonchev–Trinajstić information content (AvgIpc) is 3.32. The quantitative estimate of drug-likeness (QED) is 0.140. The summed E-state index contributed by atoms with van der Waals surface area (Å²) in [6.07, 6.45) is -3.40. The standard InChI is InChI=1S/C18H21F3N4O2.C13H6Cl3F2NO2S/c1-23-10-12-8-15(16(27-2)9-13(12)14(23)4-5-22)25-7-3-6-24(17(25)26)11-18(19,20)21;14-7-2-1-3-8(15)11(7)22-9-4-10(13(16,17)18)19-12(21)6(9)5-20/h8-9,14H,3-4,6-7,10-11H2,1-2H3;1-5H,(H,19,21)/t14-;/m1./s1. The zero-order valence-corrected chi connectivity index (χ0v) is 28.8. The second kappa shape index (κ2) is 15.6. The number of aromatic amines is 1. The van der Waals surface area contributed by atoms with Crippen molar-refractivity contribution in [2.24, 2.45) is 0 Å². The van der Waals surface area contributed by atoms with E-state index in [9.17, 15) is 36.3 Å². The number of hydrogen-bond donors (Lipinski definition) is 1. The number of halogens is 8. The van der Waals surface area contributed by atoms with Gasteiger partial charge in [0, 0.05) is 35.5 Å². The predicted molar refractivity (Wildman–Crippen MR) is 175 cm³/mol. The lowest BCUT2D eigenvalue weighted by atomic mass is 10.0. The molecule has 9 nitrogen and oxygen atoms in total. The topological polar surface area (TPSA) is 110 Å². The fourth-order valence-corrected chi connectivity index (χ4v) is 7.08. The molecular weight excluding hydrogens is 740 g/mol. The fourth-order valence-electron chi connectivity index (χ4n) is 5.37. The first-order valence-corrected chi connectivity index (χ1v) is 16.3. The van der Waals surface area contributed by atoms with Crippen LogP contribution < -0.4 is 15.2 Å². The summed E-state index contributed by atoms with van der Waals surface area (Å²) in [7, 11) is 3.37. The van der Waals surface area contributed by atoms with Gasteiger partial charge in [-0.05, 0) is 66.5 Å². The van der Waals surface area contributed by atoms with Gasteiger partial charge in [0.05, 0.1) is 40.9 Å². The third-order valence-electron chi connectivity index (χ3n) is 7.60. The van der Waals surface area contributed by atoms with Crippen molar-refractivity contribution < 1.29 is 36.3 Å². The summed E-state index contributed by atoms with van der Waals surface area (Å²) in [5.74, 6) is 0.425. The number of pyridine rings is 1. The van der Waals surface area contributed by atoms with Crippen LogP contribution in [0.1, 0.15) is 46.1 Å². The Balaban J connectivity index is 0.000000226. The van der Waals surface area contributed by atoms with Crippen LogP contribution in [0.4, 0.5) is 32.4 Å². The molecule has 3 heterocycles. The summed E-state index contributed by atoms with van der Waals surface area (Å²) in [5.41, 5.74) is 0.268. The number of anilines is 1. The van der Waals surface area contributed by atoms with E-state index in [0.29, 0.717) is 42.3 Å². The van der Waals surface area contributed by atoms with Crippen molar-refractivity contribution >= 4 is 64.6 Å². The van der Waals surface area contributed by atoms with Gasteiger partial charge in [-0.1, -0.05) is 41.0 Å². The Hall–Kier alpha value is -3.55. The summed E-state index contributed by atoms with van der Waals surface area (Å²) in [5, 5.41) is 5.79. The molecule has 0 aliphatic carbocycles. The van der Waals surface area contributed by atoms with Gasteiger partial charge in [-0.2, -0.15) is 27.2 Å². The van der Waals surface area contributed by atoms with E-state index in [2.05, 4.69) is 6.07 Å². The molecule has 2 aromatic carbocycles. The minimum Gasteiger partial charge on any atom is -0.495 e. The molecule has 18 heteroatoms. The minimum absolute atomic E-state index is 0.0240. The Labute approximate surface area is 296 Å². The average molecular weight is 767 g/mol. The van der Waals surface area contributed by atoms with Crippen LogP contribution in [0.2, 0.25) is 10.0 Å². The molecule has 0 radical (unpaired) electrons. The zero-order valence-electron chi connectivity index (χ0n) is 25.7. The Bertz CT molecular complexity index is 1810. The molecule has 49 heavy (non-hydrogen) atoms. The maximum absolute atomic E-state index is 13.2. The Kier molecular flexibility index (Phi) is 12.1. The Morgan fingerprint density at radius 3 is 2.37 bits per heavy atom. The van der Waals surface area contributed by atoms with Crippen LogP contribution >= 0.6 is 46.6 Å². The number of fused-ring (bicyclic) bond motifs is 1. The monoisotopic (exact) mass is 765 g/mol. The number of amides is 2. The maximum Gasteiger partial charge on any atom is 0.406 e. The molecule has 1 atom stereocenters. The van der Waals surface area contributed by atoms with Gasteiger partial charge < -0.3 is 14.6 Å². The number of H-pyrrole nitrogens is 1. The number of nitrogens with zero attached hydrogens (tertiary/aromatic N) is 4. The van der Waals surface area contributed by atoms with Gasteiger partial charge in [-0.25, -0.2) is 4.79 Å². The molecule has 3 aromatic rings. The van der Waals surface area contributed by atoms with Crippen LogP contribution in [0.3, 0.4) is 0 Å². The van der Waals surface area contributed by atoms with Gasteiger partial charge in [-0.15, -0.1) is 0 Å². The largest absolute Gasteiger partial charge is 0.495 e. The second-order valence-corrected chi connectivity index (χ2v) is 13.2. The molecule has 1 aromatic heterocycles. The summed E-state index contributed by atoms with van der Waals surface area (Å²) < 4.78 is 70.1. The molecule has 5 rings (SSSR count). The summed E-state index contributed by atoms with van der Waals surface area (Å²) in [6.45, 7) is -0.246. The van der Waals surface area contributed by atoms with Crippen LogP contribution in [0.5, 0.6) is 5.75 Å². The van der Waals surface area contributed by atoms with E-state index in [1.54, 1.807) is 30.3 Å². The highest BCUT2D eigenvalue weighted by molar-refractivity contribution is 7.99. The highest BCUT2D eigenvalue weighted by Crippen LogP contribution is 2.43. The minimum atomic E-state index is -4.44. The van der Waals surface area contributed by atoms with Crippen molar-refractivity contribution in [1.29, 1.82) is 5.26 Å². The lowest BCUT2D eigenvalue weighted by molar-refractivity contribution is -0.140. The number of carbonyl (C=O) groups excluding carboxylic acids is 2. The first-order chi connectivity index (χ1) is 23.0. The van der Waals surface area contributed by atoms with E-state index >= 15 is 0 Å². The third-order valence-corrected chi connectivity index (χ3v) is 9.86. The predicted octanol–water partition coefficient (Wildman–Crippen LogP) is 8.22. The van der Waals surface area contributed by atoms with Gasteiger partial charge in [0.15, 0.2) is 6.29 Å². The van der Waals surface area contributed by atoms with Crippen molar-refractivity contribution in [3.63, 3.8) is 0 Å². The normalized spacial score (nSPS) is 16.5. The molecule has 262 valence electrons. The fraction of sp³-hybridized carbons (Fsp3) is 0.355. The summed E-state index contributed by atoms with van der Waals surface area (Å²) in [6, 6.07) is 10.6. The van der Waals surface area contributed by atoms with Gasteiger partial charge in [0.1, 0.15) is 18.0 Å². The molecule has 2 amide bonds. The van der Waals surface area contributed by atoms with Crippen LogP contribution in [0.15, 0.2) is 51.0 Å². The number of aldehydes is 1. The van der Waals surface area contributed by atoms with E-state index < -0.39 is 35.4 Å². The number of rotatable bonds is 8. The van der Waals surface area contributed by atoms with Crippen molar-refractivity contribution in [1.82, 2.24) is 14.8 Å². The number of nitriles is 1. The van der Waals surface area contributed by atoms with Crippen molar-refractivity contribution in [3.8, 4) is 11.8 Å². The Morgan fingerprint density at radius 2 is 1.80 bits per heavy atom. The van der Waals surface area contributed by atoms with Crippen molar-refractivity contribution in [2.45, 2.75) is 46.8 Å². The van der Waals surface area contributed by atoms with Crippen LogP contribution in [-0.4, -0.2) is 67.1 Å². The zero-order chi connectivity index (χ0) is 36.3. The molecule has 2 aliphatic rings. The highest BCUT2D eigenvalue weighted by Gasteiger charge is 2.38. The SMILES string of the molecule is COc1cc2c(cc1N1CCCN(CC(F)(F)F)C1=O)CN(C)[C@@H]2CC#N.O=Cc1c(Sc2c(Cl)cccc2Cl)cc(C(F)(F)Cl)[nH]c1=O. The maximum atomic E-state index is 13.2. The lowest BCUT2D eigenvalue weighted by Crippen LogP contribution is -2.52. The molecule has 0 saturated carbocycles. The van der Waals surface area contributed by atoms with E-state index in [1.165, 1.54) is 12.0 Å². The van der Waals surface area contributed by atoms with E-state index in [0.717, 1.165) is 33.9 Å². The lowest BCUT2D eigenvalue weighted by Gasteiger charge is -2.36.